The van der Waals surface area contributed by atoms with E-state index in [4.69, 9.17) is 0 Å². The number of aryl methyl sites for hydroxylation is 1. The van der Waals surface area contributed by atoms with Gasteiger partial charge in [-0.3, -0.25) is 4.79 Å². The summed E-state index contributed by atoms with van der Waals surface area (Å²) in [5, 5.41) is 2.60. The zero-order chi connectivity index (χ0) is 14.7. The molecule has 0 heterocycles. The maximum absolute atomic E-state index is 13.4. The van der Waals surface area contributed by atoms with Gasteiger partial charge >= 0.3 is 0 Å². The van der Waals surface area contributed by atoms with Crippen LogP contribution in [0.2, 0.25) is 0 Å². The Bertz CT molecular complexity index is 656. The Morgan fingerprint density at radius 1 is 1.05 bits per heavy atom. The normalized spacial score (nSPS) is 10.4. The van der Waals surface area contributed by atoms with Gasteiger partial charge < -0.3 is 5.32 Å². The fourth-order valence-corrected chi connectivity index (χ4v) is 1.78. The maximum atomic E-state index is 13.4. The lowest BCUT2D eigenvalue weighted by Gasteiger charge is -2.09. The number of rotatable bonds is 3. The van der Waals surface area contributed by atoms with Crippen molar-refractivity contribution in [2.75, 3.05) is 5.32 Å². The molecule has 0 fully saturated rings. The molecule has 2 aromatic rings. The quantitative estimate of drug-likeness (QED) is 0.855. The number of benzene rings is 2. The number of anilines is 1. The van der Waals surface area contributed by atoms with Gasteiger partial charge in [0, 0.05) is 11.3 Å². The molecule has 0 unspecified atom stereocenters. The van der Waals surface area contributed by atoms with Crippen molar-refractivity contribution < 1.29 is 18.0 Å². The van der Waals surface area contributed by atoms with Gasteiger partial charge in [0.1, 0.15) is 0 Å². The number of hydrogen-bond acceptors (Lipinski definition) is 1. The van der Waals surface area contributed by atoms with Gasteiger partial charge in [0.05, 0.1) is 6.42 Å². The number of nitrogens with one attached hydrogen (secondary N) is 1. The number of para-hydroxylation sites is 1. The van der Waals surface area contributed by atoms with Gasteiger partial charge in [-0.1, -0.05) is 24.3 Å². The van der Waals surface area contributed by atoms with Crippen molar-refractivity contribution in [3.63, 3.8) is 0 Å². The Morgan fingerprint density at radius 3 is 2.45 bits per heavy atom. The minimum Gasteiger partial charge on any atom is -0.326 e. The number of hydrogen-bond donors (Lipinski definition) is 1. The third kappa shape index (κ3) is 2.99. The highest BCUT2D eigenvalue weighted by Gasteiger charge is 2.16. The topological polar surface area (TPSA) is 29.1 Å². The smallest absolute Gasteiger partial charge is 0.228 e. The minimum atomic E-state index is -1.56. The fraction of sp³-hybridized carbons (Fsp3) is 0.133. The van der Waals surface area contributed by atoms with E-state index in [9.17, 15) is 18.0 Å². The van der Waals surface area contributed by atoms with Crippen LogP contribution >= 0.6 is 0 Å². The first-order chi connectivity index (χ1) is 9.49. The van der Waals surface area contributed by atoms with E-state index in [0.717, 1.165) is 17.7 Å². The van der Waals surface area contributed by atoms with Crippen molar-refractivity contribution >= 4 is 11.6 Å². The molecular formula is C15H12F3NO. The average Bonchev–Trinajstić information content (AvgIpc) is 2.42. The summed E-state index contributed by atoms with van der Waals surface area (Å²) in [5.74, 6) is -4.66. The van der Waals surface area contributed by atoms with Crippen LogP contribution in [0, 0.1) is 24.4 Å². The van der Waals surface area contributed by atoms with Crippen LogP contribution in [0.15, 0.2) is 36.4 Å². The third-order valence-electron chi connectivity index (χ3n) is 2.89. The highest BCUT2D eigenvalue weighted by atomic mass is 19.2. The predicted octanol–water partition coefficient (Wildman–Crippen LogP) is 3.59. The number of carbonyl (C=O) groups is 1. The molecule has 2 rings (SSSR count). The molecule has 0 saturated carbocycles. The highest BCUT2D eigenvalue weighted by Crippen LogP contribution is 2.17. The number of halogens is 3. The van der Waals surface area contributed by atoms with Crippen LogP contribution in [-0.4, -0.2) is 5.91 Å². The summed E-state index contributed by atoms with van der Waals surface area (Å²) >= 11 is 0. The Morgan fingerprint density at radius 2 is 1.75 bits per heavy atom. The largest absolute Gasteiger partial charge is 0.326 e. The van der Waals surface area contributed by atoms with Crippen molar-refractivity contribution in [3.05, 3.63) is 65.0 Å². The van der Waals surface area contributed by atoms with E-state index in [1.807, 2.05) is 19.1 Å². The standard InChI is InChI=1S/C15H12F3NO/c1-9-4-2-3-5-12(9)19-13(20)8-10-6-7-11(16)15(18)14(10)17/h2-7H,8H2,1H3,(H,19,20). The van der Waals surface area contributed by atoms with Crippen LogP contribution in [0.25, 0.3) is 0 Å². The van der Waals surface area contributed by atoms with Gasteiger partial charge in [-0.15, -0.1) is 0 Å². The van der Waals surface area contributed by atoms with Crippen molar-refractivity contribution in [2.45, 2.75) is 13.3 Å². The average molecular weight is 279 g/mol. The van der Waals surface area contributed by atoms with Gasteiger partial charge in [-0.25, -0.2) is 13.2 Å². The van der Waals surface area contributed by atoms with Crippen LogP contribution < -0.4 is 5.32 Å². The van der Waals surface area contributed by atoms with E-state index < -0.39 is 23.4 Å². The predicted molar refractivity (Wildman–Crippen MR) is 69.8 cm³/mol. The molecule has 0 atom stereocenters. The summed E-state index contributed by atoms with van der Waals surface area (Å²) in [6.07, 6.45) is -0.364. The molecule has 0 saturated heterocycles. The zero-order valence-corrected chi connectivity index (χ0v) is 10.7. The molecule has 1 N–H and O–H groups in total. The summed E-state index contributed by atoms with van der Waals surface area (Å²) in [6.45, 7) is 1.81. The SMILES string of the molecule is Cc1ccccc1NC(=O)Cc1ccc(F)c(F)c1F. The van der Waals surface area contributed by atoms with Crippen molar-refractivity contribution in [2.24, 2.45) is 0 Å². The van der Waals surface area contributed by atoms with Crippen molar-refractivity contribution in [3.8, 4) is 0 Å². The van der Waals surface area contributed by atoms with Gasteiger partial charge in [0.2, 0.25) is 5.91 Å². The summed E-state index contributed by atoms with van der Waals surface area (Å²) < 4.78 is 39.3. The number of carbonyl (C=O) groups excluding carboxylic acids is 1. The molecule has 20 heavy (non-hydrogen) atoms. The van der Waals surface area contributed by atoms with Crippen molar-refractivity contribution in [1.82, 2.24) is 0 Å². The van der Waals surface area contributed by atoms with E-state index in [1.165, 1.54) is 0 Å². The lowest BCUT2D eigenvalue weighted by atomic mass is 10.1. The van der Waals surface area contributed by atoms with Gasteiger partial charge in [-0.2, -0.15) is 0 Å². The molecule has 0 spiro atoms. The Balaban J connectivity index is 2.13. The van der Waals surface area contributed by atoms with Crippen LogP contribution in [0.3, 0.4) is 0 Å². The highest BCUT2D eigenvalue weighted by molar-refractivity contribution is 5.92. The van der Waals surface area contributed by atoms with Crippen molar-refractivity contribution in [1.29, 1.82) is 0 Å². The van der Waals surface area contributed by atoms with Crippen LogP contribution in [0.4, 0.5) is 18.9 Å². The molecule has 2 nitrogen and oxygen atoms in total. The van der Waals surface area contributed by atoms with Crippen LogP contribution in [-0.2, 0) is 11.2 Å². The summed E-state index contributed by atoms with van der Waals surface area (Å²) in [7, 11) is 0. The molecule has 5 heteroatoms. The van der Waals surface area contributed by atoms with E-state index in [2.05, 4.69) is 5.32 Å². The second-order valence-corrected chi connectivity index (χ2v) is 4.37. The molecular weight excluding hydrogens is 267 g/mol. The number of amides is 1. The first kappa shape index (κ1) is 14.1. The fourth-order valence-electron chi connectivity index (χ4n) is 1.78. The van der Waals surface area contributed by atoms with Crippen LogP contribution in [0.5, 0.6) is 0 Å². The Kier molecular flexibility index (Phi) is 4.08. The lowest BCUT2D eigenvalue weighted by molar-refractivity contribution is -0.115. The molecule has 0 aliphatic carbocycles. The monoisotopic (exact) mass is 279 g/mol. The molecule has 0 aliphatic heterocycles. The van der Waals surface area contributed by atoms with Gasteiger partial charge in [0.15, 0.2) is 17.5 Å². The van der Waals surface area contributed by atoms with Gasteiger partial charge in [0.25, 0.3) is 0 Å². The van der Waals surface area contributed by atoms with Crippen LogP contribution in [0.1, 0.15) is 11.1 Å². The molecule has 0 radical (unpaired) electrons. The van der Waals surface area contributed by atoms with E-state index in [0.29, 0.717) is 5.69 Å². The molecule has 104 valence electrons. The van der Waals surface area contributed by atoms with E-state index in [1.54, 1.807) is 12.1 Å². The van der Waals surface area contributed by atoms with E-state index >= 15 is 0 Å². The minimum absolute atomic E-state index is 0.185. The zero-order valence-electron chi connectivity index (χ0n) is 10.7. The molecule has 0 aromatic heterocycles. The lowest BCUT2D eigenvalue weighted by Crippen LogP contribution is -2.16. The first-order valence-electron chi connectivity index (χ1n) is 5.97. The summed E-state index contributed by atoms with van der Waals surface area (Å²) in [4.78, 5) is 11.8. The maximum Gasteiger partial charge on any atom is 0.228 e. The molecule has 1 amide bonds. The summed E-state index contributed by atoms with van der Waals surface area (Å²) in [5.41, 5.74) is 1.27. The molecule has 0 bridgehead atoms. The molecule has 2 aromatic carbocycles. The first-order valence-corrected chi connectivity index (χ1v) is 5.97. The Hall–Kier alpha value is -2.30. The molecule has 0 aliphatic rings. The van der Waals surface area contributed by atoms with E-state index in [-0.39, 0.29) is 12.0 Å². The Labute approximate surface area is 114 Å². The van der Waals surface area contributed by atoms with Gasteiger partial charge in [-0.05, 0) is 24.6 Å². The second-order valence-electron chi connectivity index (χ2n) is 4.37. The second kappa shape index (κ2) is 5.77. The summed E-state index contributed by atoms with van der Waals surface area (Å²) in [6, 6.07) is 8.95. The third-order valence-corrected chi connectivity index (χ3v) is 2.89.